The highest BCUT2D eigenvalue weighted by atomic mass is 16.4. The largest absolute Gasteiger partial charge is 0.480 e. The predicted octanol–water partition coefficient (Wildman–Crippen LogP) is 2.44. The van der Waals surface area contributed by atoms with Crippen LogP contribution in [0.25, 0.3) is 0 Å². The highest BCUT2D eigenvalue weighted by Crippen LogP contribution is 2.32. The van der Waals surface area contributed by atoms with Gasteiger partial charge in [-0.1, -0.05) is 13.3 Å². The van der Waals surface area contributed by atoms with Crippen molar-refractivity contribution in [3.05, 3.63) is 17.6 Å². The molecule has 2 unspecified atom stereocenters. The molecule has 1 N–H and O–H groups in total. The second-order valence-corrected chi connectivity index (χ2v) is 6.28. The van der Waals surface area contributed by atoms with Gasteiger partial charge in [-0.3, -0.25) is 0 Å². The molecular formula is C16H23N3O2. The van der Waals surface area contributed by atoms with Crippen LogP contribution in [0, 0.1) is 5.92 Å². The molecule has 1 fully saturated rings. The van der Waals surface area contributed by atoms with Gasteiger partial charge in [0.2, 0.25) is 0 Å². The number of rotatable bonds is 2. The van der Waals surface area contributed by atoms with Crippen LogP contribution in [0.5, 0.6) is 0 Å². The fourth-order valence-electron chi connectivity index (χ4n) is 3.73. The van der Waals surface area contributed by atoms with E-state index in [1.54, 1.807) is 6.33 Å². The Morgan fingerprint density at radius 3 is 2.86 bits per heavy atom. The van der Waals surface area contributed by atoms with Gasteiger partial charge in [-0.15, -0.1) is 0 Å². The maximum Gasteiger partial charge on any atom is 0.326 e. The summed E-state index contributed by atoms with van der Waals surface area (Å²) in [5, 5.41) is 9.61. The van der Waals surface area contributed by atoms with Crippen LogP contribution in [0.2, 0.25) is 0 Å². The van der Waals surface area contributed by atoms with Crippen molar-refractivity contribution >= 4 is 11.8 Å². The lowest BCUT2D eigenvalue weighted by Gasteiger charge is -2.39. The van der Waals surface area contributed by atoms with Gasteiger partial charge in [0, 0.05) is 17.8 Å². The molecule has 0 spiro atoms. The third kappa shape index (κ3) is 2.74. The third-order valence-corrected chi connectivity index (χ3v) is 4.81. The van der Waals surface area contributed by atoms with Gasteiger partial charge in [0.1, 0.15) is 18.2 Å². The summed E-state index contributed by atoms with van der Waals surface area (Å²) in [7, 11) is 0. The first-order valence-electron chi connectivity index (χ1n) is 8.00. The van der Waals surface area contributed by atoms with E-state index in [0.29, 0.717) is 0 Å². The summed E-state index contributed by atoms with van der Waals surface area (Å²) in [4.78, 5) is 22.6. The fourth-order valence-corrected chi connectivity index (χ4v) is 3.73. The van der Waals surface area contributed by atoms with Crippen LogP contribution >= 0.6 is 0 Å². The number of carboxylic acids is 1. The van der Waals surface area contributed by atoms with E-state index in [-0.39, 0.29) is 5.92 Å². The number of hydrogen-bond acceptors (Lipinski definition) is 4. The van der Waals surface area contributed by atoms with Crippen molar-refractivity contribution in [1.29, 1.82) is 0 Å². The van der Waals surface area contributed by atoms with Gasteiger partial charge in [0.15, 0.2) is 0 Å². The van der Waals surface area contributed by atoms with E-state index in [0.717, 1.165) is 50.2 Å². The number of carbonyl (C=O) groups is 1. The number of nitrogens with zero attached hydrogens (tertiary/aromatic N) is 3. The summed E-state index contributed by atoms with van der Waals surface area (Å²) in [6.45, 7) is 2.82. The molecule has 1 aromatic heterocycles. The molecule has 2 aliphatic rings. The van der Waals surface area contributed by atoms with E-state index in [4.69, 9.17) is 0 Å². The predicted molar refractivity (Wildman–Crippen MR) is 80.5 cm³/mol. The highest BCUT2D eigenvalue weighted by Gasteiger charge is 2.36. The number of piperidine rings is 1. The maximum absolute atomic E-state index is 11.7. The molecule has 5 nitrogen and oxygen atoms in total. The zero-order valence-corrected chi connectivity index (χ0v) is 12.6. The summed E-state index contributed by atoms with van der Waals surface area (Å²) < 4.78 is 0. The summed E-state index contributed by atoms with van der Waals surface area (Å²) in [6.07, 6.45) is 9.11. The average Bonchev–Trinajstić information content (AvgIpc) is 2.71. The Morgan fingerprint density at radius 1 is 1.24 bits per heavy atom. The molecule has 2 heterocycles. The number of fused-ring (bicyclic) bond motifs is 1. The number of hydrogen-bond donors (Lipinski definition) is 1. The summed E-state index contributed by atoms with van der Waals surface area (Å²) >= 11 is 0. The van der Waals surface area contributed by atoms with E-state index in [2.05, 4.69) is 9.97 Å². The summed E-state index contributed by atoms with van der Waals surface area (Å²) in [5.41, 5.74) is 2.32. The van der Waals surface area contributed by atoms with Gasteiger partial charge in [-0.2, -0.15) is 0 Å². The minimum Gasteiger partial charge on any atom is -0.480 e. The zero-order chi connectivity index (χ0) is 14.8. The lowest BCUT2D eigenvalue weighted by Crippen LogP contribution is -2.50. The minimum absolute atomic E-state index is 0.160. The molecule has 0 saturated carbocycles. The topological polar surface area (TPSA) is 66.3 Å². The van der Waals surface area contributed by atoms with Crippen LogP contribution < -0.4 is 4.90 Å². The van der Waals surface area contributed by atoms with Crippen molar-refractivity contribution in [2.75, 3.05) is 11.4 Å². The average molecular weight is 289 g/mol. The van der Waals surface area contributed by atoms with Crippen LogP contribution in [0.3, 0.4) is 0 Å². The maximum atomic E-state index is 11.7. The van der Waals surface area contributed by atoms with Crippen LogP contribution in [0.4, 0.5) is 5.82 Å². The third-order valence-electron chi connectivity index (χ3n) is 4.81. The highest BCUT2D eigenvalue weighted by molar-refractivity contribution is 5.79. The van der Waals surface area contributed by atoms with Crippen molar-refractivity contribution in [1.82, 2.24) is 9.97 Å². The molecule has 1 aromatic rings. The Balaban J connectivity index is 2.00. The molecule has 0 amide bonds. The van der Waals surface area contributed by atoms with E-state index in [9.17, 15) is 9.90 Å². The lowest BCUT2D eigenvalue weighted by atomic mass is 9.90. The van der Waals surface area contributed by atoms with Gasteiger partial charge in [0.05, 0.1) is 0 Å². The zero-order valence-electron chi connectivity index (χ0n) is 12.6. The molecule has 1 aliphatic carbocycles. The second kappa shape index (κ2) is 6.00. The first kappa shape index (κ1) is 14.3. The van der Waals surface area contributed by atoms with Gasteiger partial charge < -0.3 is 10.0 Å². The Hall–Kier alpha value is -1.65. The van der Waals surface area contributed by atoms with Crippen molar-refractivity contribution in [3.63, 3.8) is 0 Å². The molecule has 0 aromatic carbocycles. The van der Waals surface area contributed by atoms with E-state index in [1.165, 1.54) is 18.4 Å². The fraction of sp³-hybridized carbons (Fsp3) is 0.688. The van der Waals surface area contributed by atoms with Crippen LogP contribution in [-0.4, -0.2) is 33.6 Å². The van der Waals surface area contributed by atoms with Crippen molar-refractivity contribution < 1.29 is 9.90 Å². The van der Waals surface area contributed by atoms with E-state index < -0.39 is 12.0 Å². The van der Waals surface area contributed by atoms with Crippen molar-refractivity contribution in [3.8, 4) is 0 Å². The van der Waals surface area contributed by atoms with Crippen LogP contribution in [-0.2, 0) is 17.6 Å². The quantitative estimate of drug-likeness (QED) is 0.847. The molecular weight excluding hydrogens is 266 g/mol. The molecule has 1 aliphatic heterocycles. The summed E-state index contributed by atoms with van der Waals surface area (Å²) in [6, 6.07) is -0.457. The van der Waals surface area contributed by atoms with Crippen molar-refractivity contribution in [2.45, 2.75) is 57.9 Å². The van der Waals surface area contributed by atoms with Gasteiger partial charge in [0.25, 0.3) is 0 Å². The standard InChI is InChI=1S/C16H23N3O2/c1-11-6-5-9-19(14(11)16(20)21)15-12-7-3-2-4-8-13(12)17-10-18-15/h10-11,14H,2-9H2,1H3,(H,20,21). The normalized spacial score (nSPS) is 26.0. The molecule has 3 rings (SSSR count). The molecule has 0 bridgehead atoms. The molecule has 2 atom stereocenters. The molecule has 0 radical (unpaired) electrons. The number of anilines is 1. The lowest BCUT2D eigenvalue weighted by molar-refractivity contribution is -0.140. The number of carboxylic acid groups (broad SMARTS) is 1. The Morgan fingerprint density at radius 2 is 2.05 bits per heavy atom. The Labute approximate surface area is 125 Å². The van der Waals surface area contributed by atoms with E-state index in [1.807, 2.05) is 11.8 Å². The van der Waals surface area contributed by atoms with Gasteiger partial charge in [-0.05, 0) is 44.4 Å². The first-order chi connectivity index (χ1) is 10.2. The minimum atomic E-state index is -0.733. The monoisotopic (exact) mass is 289 g/mol. The van der Waals surface area contributed by atoms with E-state index >= 15 is 0 Å². The molecule has 114 valence electrons. The number of aromatic nitrogens is 2. The Kier molecular flexibility index (Phi) is 4.08. The summed E-state index contributed by atoms with van der Waals surface area (Å²) in [5.74, 6) is 0.302. The van der Waals surface area contributed by atoms with Gasteiger partial charge in [-0.25, -0.2) is 14.8 Å². The Bertz CT molecular complexity index is 532. The number of aliphatic carboxylic acids is 1. The van der Waals surface area contributed by atoms with Gasteiger partial charge >= 0.3 is 5.97 Å². The van der Waals surface area contributed by atoms with Crippen LogP contribution in [0.15, 0.2) is 6.33 Å². The van der Waals surface area contributed by atoms with Crippen LogP contribution in [0.1, 0.15) is 50.3 Å². The molecule has 1 saturated heterocycles. The molecule has 5 heteroatoms. The number of aryl methyl sites for hydroxylation is 1. The molecule has 21 heavy (non-hydrogen) atoms. The smallest absolute Gasteiger partial charge is 0.326 e. The van der Waals surface area contributed by atoms with Crippen molar-refractivity contribution in [2.24, 2.45) is 5.92 Å². The first-order valence-corrected chi connectivity index (χ1v) is 8.00. The second-order valence-electron chi connectivity index (χ2n) is 6.28. The SMILES string of the molecule is CC1CCCN(c2ncnc3c2CCCCC3)C1C(=O)O.